The van der Waals surface area contributed by atoms with E-state index >= 15 is 0 Å². The molecule has 3 rings (SSSR count). The van der Waals surface area contributed by atoms with E-state index in [-0.39, 0.29) is 11.6 Å². The number of cyclic esters (lactones) is 1. The molecule has 1 aliphatic heterocycles. The van der Waals surface area contributed by atoms with Gasteiger partial charge in [0, 0.05) is 11.2 Å². The molecule has 1 aliphatic rings. The molecule has 0 N–H and O–H groups in total. The Hall–Kier alpha value is -2.86. The summed E-state index contributed by atoms with van der Waals surface area (Å²) in [6, 6.07) is 8.62. The van der Waals surface area contributed by atoms with Gasteiger partial charge < -0.3 is 14.2 Å². The Kier molecular flexibility index (Phi) is 5.76. The van der Waals surface area contributed by atoms with Gasteiger partial charge in [0.25, 0.3) is 0 Å². The Morgan fingerprint density at radius 3 is 2.74 bits per heavy atom. The van der Waals surface area contributed by atoms with E-state index in [1.165, 1.54) is 6.20 Å². The smallest absolute Gasteiger partial charge is 0.363 e. The summed E-state index contributed by atoms with van der Waals surface area (Å²) < 4.78 is 16.3. The molecule has 0 spiro atoms. The van der Waals surface area contributed by atoms with Crippen molar-refractivity contribution in [1.29, 1.82) is 0 Å². The van der Waals surface area contributed by atoms with Gasteiger partial charge in [-0.25, -0.2) is 9.79 Å². The summed E-state index contributed by atoms with van der Waals surface area (Å²) in [4.78, 5) is 20.5. The zero-order valence-corrected chi connectivity index (χ0v) is 16.0. The molecule has 0 saturated carbocycles. The number of benzene rings is 1. The van der Waals surface area contributed by atoms with Crippen molar-refractivity contribution in [3.8, 4) is 11.5 Å². The van der Waals surface area contributed by atoms with E-state index in [1.54, 1.807) is 37.5 Å². The summed E-state index contributed by atoms with van der Waals surface area (Å²) >= 11 is 5.94. The van der Waals surface area contributed by atoms with Crippen LogP contribution in [0.5, 0.6) is 11.5 Å². The summed E-state index contributed by atoms with van der Waals surface area (Å²) in [6.45, 7) is 4.73. The standard InChI is InChI=1S/C20H19ClN2O4/c1-12(2)11-26-17-5-4-13(9-18(17)25-3)8-16-20(24)27-19(23-16)15-10-14(21)6-7-22-15/h4-10,12H,11H2,1-3H3/b16-8-. The Morgan fingerprint density at radius 2 is 2.04 bits per heavy atom. The van der Waals surface area contributed by atoms with Gasteiger partial charge in [0.2, 0.25) is 5.90 Å². The van der Waals surface area contributed by atoms with Crippen LogP contribution in [0.25, 0.3) is 6.08 Å². The highest BCUT2D eigenvalue weighted by atomic mass is 35.5. The van der Waals surface area contributed by atoms with E-state index in [1.807, 2.05) is 6.07 Å². The van der Waals surface area contributed by atoms with Crippen LogP contribution < -0.4 is 9.47 Å². The van der Waals surface area contributed by atoms with Gasteiger partial charge in [-0.05, 0) is 41.8 Å². The minimum atomic E-state index is -0.550. The van der Waals surface area contributed by atoms with Crippen molar-refractivity contribution < 1.29 is 19.0 Å². The molecule has 0 aliphatic carbocycles. The van der Waals surface area contributed by atoms with Gasteiger partial charge in [-0.15, -0.1) is 0 Å². The fourth-order valence-corrected chi connectivity index (χ4v) is 2.51. The zero-order chi connectivity index (χ0) is 19.4. The molecule has 0 fully saturated rings. The molecule has 0 bridgehead atoms. The minimum absolute atomic E-state index is 0.123. The molecule has 7 heteroatoms. The minimum Gasteiger partial charge on any atom is -0.493 e. The molecule has 0 amide bonds. The van der Waals surface area contributed by atoms with Gasteiger partial charge in [-0.3, -0.25) is 4.98 Å². The van der Waals surface area contributed by atoms with Crippen LogP contribution in [0.2, 0.25) is 5.02 Å². The monoisotopic (exact) mass is 386 g/mol. The predicted octanol–water partition coefficient (Wildman–Crippen LogP) is 4.12. The summed E-state index contributed by atoms with van der Waals surface area (Å²) in [6.07, 6.45) is 3.14. The highest BCUT2D eigenvalue weighted by Gasteiger charge is 2.25. The largest absolute Gasteiger partial charge is 0.493 e. The number of aliphatic imine (C=N–C) groups is 1. The summed E-state index contributed by atoms with van der Waals surface area (Å²) in [5, 5.41) is 0.484. The maximum absolute atomic E-state index is 12.1. The van der Waals surface area contributed by atoms with Crippen LogP contribution in [-0.4, -0.2) is 30.6 Å². The molecule has 2 heterocycles. The summed E-state index contributed by atoms with van der Waals surface area (Å²) in [7, 11) is 1.57. The number of ether oxygens (including phenoxy) is 3. The van der Waals surface area contributed by atoms with Crippen LogP contribution >= 0.6 is 11.6 Å². The lowest BCUT2D eigenvalue weighted by atomic mass is 10.1. The average molecular weight is 387 g/mol. The number of carbonyl (C=O) groups is 1. The number of hydrogen-bond acceptors (Lipinski definition) is 6. The van der Waals surface area contributed by atoms with Crippen LogP contribution in [0.4, 0.5) is 0 Å². The Balaban J connectivity index is 1.86. The van der Waals surface area contributed by atoms with Gasteiger partial charge in [0.05, 0.1) is 13.7 Å². The molecule has 140 valence electrons. The Labute approximate surface area is 162 Å². The number of pyridine rings is 1. The second kappa shape index (κ2) is 8.22. The van der Waals surface area contributed by atoms with Crippen LogP contribution in [0.15, 0.2) is 47.2 Å². The SMILES string of the molecule is COc1cc(/C=C2\N=C(c3cc(Cl)ccn3)OC2=O)ccc1OCC(C)C. The van der Waals surface area contributed by atoms with E-state index < -0.39 is 5.97 Å². The van der Waals surface area contributed by atoms with Crippen molar-refractivity contribution in [3.05, 3.63) is 58.5 Å². The molecule has 6 nitrogen and oxygen atoms in total. The molecule has 2 aromatic rings. The van der Waals surface area contributed by atoms with Crippen molar-refractivity contribution >= 4 is 29.5 Å². The van der Waals surface area contributed by atoms with Crippen LogP contribution in [0, 0.1) is 5.92 Å². The number of carbonyl (C=O) groups excluding carboxylic acids is 1. The number of aromatic nitrogens is 1. The van der Waals surface area contributed by atoms with Crippen LogP contribution in [0.1, 0.15) is 25.1 Å². The second-order valence-electron chi connectivity index (χ2n) is 6.31. The second-order valence-corrected chi connectivity index (χ2v) is 6.75. The topological polar surface area (TPSA) is 70.0 Å². The van der Waals surface area contributed by atoms with E-state index in [4.69, 9.17) is 25.8 Å². The number of esters is 1. The number of nitrogens with zero attached hydrogens (tertiary/aromatic N) is 2. The lowest BCUT2D eigenvalue weighted by Crippen LogP contribution is -2.07. The van der Waals surface area contributed by atoms with E-state index in [9.17, 15) is 4.79 Å². The highest BCUT2D eigenvalue weighted by molar-refractivity contribution is 6.31. The Bertz CT molecular complexity index is 922. The first-order valence-corrected chi connectivity index (χ1v) is 8.79. The number of halogens is 1. The maximum atomic E-state index is 12.1. The van der Waals surface area contributed by atoms with E-state index in [0.29, 0.717) is 34.7 Å². The third kappa shape index (κ3) is 4.65. The van der Waals surface area contributed by atoms with E-state index in [2.05, 4.69) is 23.8 Å². The first-order valence-electron chi connectivity index (χ1n) is 8.41. The zero-order valence-electron chi connectivity index (χ0n) is 15.2. The van der Waals surface area contributed by atoms with Crippen LogP contribution in [0.3, 0.4) is 0 Å². The summed E-state index contributed by atoms with van der Waals surface area (Å²) in [5.74, 6) is 1.20. The van der Waals surface area contributed by atoms with Gasteiger partial charge in [0.1, 0.15) is 5.69 Å². The fraction of sp³-hybridized carbons (Fsp3) is 0.250. The summed E-state index contributed by atoms with van der Waals surface area (Å²) in [5.41, 5.74) is 1.30. The van der Waals surface area contributed by atoms with Gasteiger partial charge in [0.15, 0.2) is 17.2 Å². The highest BCUT2D eigenvalue weighted by Crippen LogP contribution is 2.30. The van der Waals surface area contributed by atoms with Crippen molar-refractivity contribution in [1.82, 2.24) is 4.98 Å². The number of hydrogen-bond donors (Lipinski definition) is 0. The predicted molar refractivity (Wildman–Crippen MR) is 103 cm³/mol. The quantitative estimate of drug-likeness (QED) is 0.551. The molecular formula is C20H19ClN2O4. The van der Waals surface area contributed by atoms with Crippen LogP contribution in [-0.2, 0) is 9.53 Å². The van der Waals surface area contributed by atoms with Gasteiger partial charge in [-0.2, -0.15) is 0 Å². The fourth-order valence-electron chi connectivity index (χ4n) is 2.35. The molecule has 1 aromatic heterocycles. The normalized spacial score (nSPS) is 15.1. The van der Waals surface area contributed by atoms with Gasteiger partial charge in [-0.1, -0.05) is 31.5 Å². The molecule has 0 atom stereocenters. The third-order valence-corrected chi connectivity index (χ3v) is 3.86. The lowest BCUT2D eigenvalue weighted by molar-refractivity contribution is -0.129. The number of methoxy groups -OCH3 is 1. The van der Waals surface area contributed by atoms with Crippen molar-refractivity contribution in [2.75, 3.05) is 13.7 Å². The lowest BCUT2D eigenvalue weighted by Gasteiger charge is -2.12. The molecule has 0 saturated heterocycles. The van der Waals surface area contributed by atoms with Crippen molar-refractivity contribution in [2.24, 2.45) is 10.9 Å². The van der Waals surface area contributed by atoms with Crippen molar-refractivity contribution in [2.45, 2.75) is 13.8 Å². The molecule has 0 unspecified atom stereocenters. The average Bonchev–Trinajstić information content (AvgIpc) is 3.01. The first kappa shape index (κ1) is 18.9. The molecule has 0 radical (unpaired) electrons. The maximum Gasteiger partial charge on any atom is 0.363 e. The Morgan fingerprint density at radius 1 is 1.22 bits per heavy atom. The van der Waals surface area contributed by atoms with E-state index in [0.717, 1.165) is 5.56 Å². The first-order chi connectivity index (χ1) is 13.0. The van der Waals surface area contributed by atoms with Crippen molar-refractivity contribution in [3.63, 3.8) is 0 Å². The van der Waals surface area contributed by atoms with Gasteiger partial charge >= 0.3 is 5.97 Å². The third-order valence-electron chi connectivity index (χ3n) is 3.62. The number of rotatable bonds is 6. The molecule has 1 aromatic carbocycles. The molecule has 27 heavy (non-hydrogen) atoms. The molecular weight excluding hydrogens is 368 g/mol.